The third-order valence-electron chi connectivity index (χ3n) is 3.15. The predicted molar refractivity (Wildman–Crippen MR) is 75.8 cm³/mol. The fourth-order valence-electron chi connectivity index (χ4n) is 2.11. The molecule has 0 saturated carbocycles. The van der Waals surface area contributed by atoms with Crippen molar-refractivity contribution >= 4 is 23.6 Å². The van der Waals surface area contributed by atoms with E-state index in [1.54, 1.807) is 6.07 Å². The standard InChI is InChI=1S/C16H9F3OS/c17-11-3-4-15-13(6-11)16(20)10(8-21-15)5-9-1-2-12(18)7-14(9)19/h1-7H,8H2/b10-5+. The van der Waals surface area contributed by atoms with Crippen molar-refractivity contribution in [3.8, 4) is 0 Å². The number of hydrogen-bond acceptors (Lipinski definition) is 2. The van der Waals surface area contributed by atoms with E-state index in [0.29, 0.717) is 16.2 Å². The van der Waals surface area contributed by atoms with Gasteiger partial charge in [0.2, 0.25) is 0 Å². The molecule has 0 unspecified atom stereocenters. The Labute approximate surface area is 123 Å². The lowest BCUT2D eigenvalue weighted by atomic mass is 10.0. The molecule has 0 atom stereocenters. The molecule has 2 aromatic rings. The van der Waals surface area contributed by atoms with Crippen LogP contribution in [0, 0.1) is 17.5 Å². The van der Waals surface area contributed by atoms with Gasteiger partial charge in [0.15, 0.2) is 5.78 Å². The lowest BCUT2D eigenvalue weighted by Gasteiger charge is -2.17. The Morgan fingerprint density at radius 1 is 1.00 bits per heavy atom. The number of carbonyl (C=O) groups is 1. The fourth-order valence-corrected chi connectivity index (χ4v) is 3.11. The van der Waals surface area contributed by atoms with Gasteiger partial charge in [-0.1, -0.05) is 0 Å². The zero-order valence-electron chi connectivity index (χ0n) is 10.7. The highest BCUT2D eigenvalue weighted by atomic mass is 32.2. The third kappa shape index (κ3) is 2.74. The van der Waals surface area contributed by atoms with Crippen molar-refractivity contribution in [1.29, 1.82) is 0 Å². The number of benzene rings is 2. The molecule has 0 N–H and O–H groups in total. The van der Waals surface area contributed by atoms with Crippen LogP contribution < -0.4 is 0 Å². The molecule has 2 aromatic carbocycles. The second-order valence-electron chi connectivity index (χ2n) is 4.59. The summed E-state index contributed by atoms with van der Waals surface area (Å²) in [6.07, 6.45) is 1.39. The molecule has 0 radical (unpaired) electrons. The fraction of sp³-hybridized carbons (Fsp3) is 0.0625. The van der Waals surface area contributed by atoms with Crippen LogP contribution in [0.5, 0.6) is 0 Å². The lowest BCUT2D eigenvalue weighted by Crippen LogP contribution is -2.12. The summed E-state index contributed by atoms with van der Waals surface area (Å²) in [7, 11) is 0. The van der Waals surface area contributed by atoms with Crippen LogP contribution in [0.4, 0.5) is 13.2 Å². The van der Waals surface area contributed by atoms with Gasteiger partial charge in [-0.15, -0.1) is 11.8 Å². The molecule has 0 aromatic heterocycles. The second kappa shape index (κ2) is 5.41. The number of fused-ring (bicyclic) bond motifs is 1. The zero-order valence-corrected chi connectivity index (χ0v) is 11.5. The third-order valence-corrected chi connectivity index (χ3v) is 4.28. The maximum atomic E-state index is 13.6. The maximum Gasteiger partial charge on any atom is 0.191 e. The van der Waals surface area contributed by atoms with Crippen LogP contribution in [0.1, 0.15) is 15.9 Å². The largest absolute Gasteiger partial charge is 0.289 e. The molecule has 0 amide bonds. The monoisotopic (exact) mass is 306 g/mol. The topological polar surface area (TPSA) is 17.1 Å². The minimum absolute atomic E-state index is 0.139. The first-order valence-electron chi connectivity index (χ1n) is 6.17. The Morgan fingerprint density at radius 3 is 2.48 bits per heavy atom. The van der Waals surface area contributed by atoms with Gasteiger partial charge in [-0.3, -0.25) is 4.79 Å². The van der Waals surface area contributed by atoms with E-state index in [2.05, 4.69) is 0 Å². The molecule has 106 valence electrons. The molecule has 1 heterocycles. The minimum Gasteiger partial charge on any atom is -0.289 e. The van der Waals surface area contributed by atoms with Gasteiger partial charge in [0.05, 0.1) is 0 Å². The normalized spacial score (nSPS) is 16.1. The highest BCUT2D eigenvalue weighted by molar-refractivity contribution is 7.99. The molecule has 1 nitrogen and oxygen atoms in total. The molecule has 3 rings (SSSR count). The number of hydrogen-bond donors (Lipinski definition) is 0. The number of Topliss-reactive ketones (excluding diaryl/α,β-unsaturated/α-hetero) is 1. The highest BCUT2D eigenvalue weighted by Gasteiger charge is 2.23. The molecule has 0 saturated heterocycles. The van der Waals surface area contributed by atoms with Crippen LogP contribution in [-0.4, -0.2) is 11.5 Å². The molecule has 0 aliphatic carbocycles. The van der Waals surface area contributed by atoms with Crippen LogP contribution in [-0.2, 0) is 0 Å². The zero-order chi connectivity index (χ0) is 15.0. The van der Waals surface area contributed by atoms with Gasteiger partial charge in [0, 0.05) is 33.4 Å². The molecule has 1 aliphatic heterocycles. The Hall–Kier alpha value is -2.01. The quantitative estimate of drug-likeness (QED) is 0.723. The van der Waals surface area contributed by atoms with E-state index >= 15 is 0 Å². The summed E-state index contributed by atoms with van der Waals surface area (Å²) in [6, 6.07) is 7.20. The minimum atomic E-state index is -0.731. The molecular formula is C16H9F3OS. The van der Waals surface area contributed by atoms with E-state index in [1.807, 2.05) is 0 Å². The van der Waals surface area contributed by atoms with Crippen molar-refractivity contribution in [2.24, 2.45) is 0 Å². The number of thioether (sulfide) groups is 1. The molecule has 0 fully saturated rings. The Morgan fingerprint density at radius 2 is 1.71 bits per heavy atom. The lowest BCUT2D eigenvalue weighted by molar-refractivity contribution is 0.103. The summed E-state index contributed by atoms with van der Waals surface area (Å²) in [5, 5.41) is 0. The SMILES string of the molecule is O=C1/C(=C/c2ccc(F)cc2F)CSc2ccc(F)cc21. The van der Waals surface area contributed by atoms with Crippen molar-refractivity contribution in [2.75, 3.05) is 5.75 Å². The van der Waals surface area contributed by atoms with E-state index in [0.717, 1.165) is 12.1 Å². The molecule has 0 bridgehead atoms. The van der Waals surface area contributed by atoms with Gasteiger partial charge in [-0.25, -0.2) is 13.2 Å². The molecular weight excluding hydrogens is 297 g/mol. The Balaban J connectivity index is 2.01. The van der Waals surface area contributed by atoms with E-state index < -0.39 is 17.5 Å². The Bertz CT molecular complexity index is 768. The maximum absolute atomic E-state index is 13.6. The van der Waals surface area contributed by atoms with Crippen molar-refractivity contribution in [3.63, 3.8) is 0 Å². The van der Waals surface area contributed by atoms with Crippen LogP contribution in [0.3, 0.4) is 0 Å². The number of rotatable bonds is 1. The van der Waals surface area contributed by atoms with Crippen molar-refractivity contribution in [3.05, 3.63) is 70.5 Å². The molecule has 21 heavy (non-hydrogen) atoms. The van der Waals surface area contributed by atoms with Gasteiger partial charge < -0.3 is 0 Å². The van der Waals surface area contributed by atoms with Crippen LogP contribution in [0.25, 0.3) is 6.08 Å². The van der Waals surface area contributed by atoms with E-state index in [9.17, 15) is 18.0 Å². The van der Waals surface area contributed by atoms with Gasteiger partial charge >= 0.3 is 0 Å². The van der Waals surface area contributed by atoms with Gasteiger partial charge in [0.1, 0.15) is 17.5 Å². The summed E-state index contributed by atoms with van der Waals surface area (Å²) in [4.78, 5) is 13.0. The van der Waals surface area contributed by atoms with Gasteiger partial charge in [-0.05, 0) is 36.4 Å². The summed E-state index contributed by atoms with van der Waals surface area (Å²) in [5.74, 6) is -1.85. The molecule has 0 spiro atoms. The van der Waals surface area contributed by atoms with Crippen LogP contribution in [0.2, 0.25) is 0 Å². The van der Waals surface area contributed by atoms with Crippen LogP contribution in [0.15, 0.2) is 46.9 Å². The Kier molecular flexibility index (Phi) is 3.59. The average Bonchev–Trinajstić information content (AvgIpc) is 2.45. The first-order valence-corrected chi connectivity index (χ1v) is 7.16. The van der Waals surface area contributed by atoms with E-state index in [4.69, 9.17) is 0 Å². The predicted octanol–water partition coefficient (Wildman–Crippen LogP) is 4.48. The summed E-state index contributed by atoms with van der Waals surface area (Å²) in [5.41, 5.74) is 0.781. The smallest absolute Gasteiger partial charge is 0.191 e. The first-order chi connectivity index (χ1) is 10.0. The van der Waals surface area contributed by atoms with E-state index in [1.165, 1.54) is 36.0 Å². The molecule has 1 aliphatic rings. The van der Waals surface area contributed by atoms with Gasteiger partial charge in [-0.2, -0.15) is 0 Å². The first kappa shape index (κ1) is 13.9. The average molecular weight is 306 g/mol. The van der Waals surface area contributed by atoms with E-state index in [-0.39, 0.29) is 16.9 Å². The van der Waals surface area contributed by atoms with Crippen LogP contribution >= 0.6 is 11.8 Å². The second-order valence-corrected chi connectivity index (χ2v) is 5.61. The summed E-state index contributed by atoms with van der Waals surface area (Å²) >= 11 is 1.39. The van der Waals surface area contributed by atoms with Crippen molar-refractivity contribution in [1.82, 2.24) is 0 Å². The van der Waals surface area contributed by atoms with Gasteiger partial charge in [0.25, 0.3) is 0 Å². The summed E-state index contributed by atoms with van der Waals surface area (Å²) < 4.78 is 39.7. The number of ketones is 1. The number of halogens is 3. The van der Waals surface area contributed by atoms with Crippen molar-refractivity contribution < 1.29 is 18.0 Å². The summed E-state index contributed by atoms with van der Waals surface area (Å²) in [6.45, 7) is 0. The van der Waals surface area contributed by atoms with Crippen molar-refractivity contribution in [2.45, 2.75) is 4.90 Å². The highest BCUT2D eigenvalue weighted by Crippen LogP contribution is 2.34. The number of carbonyl (C=O) groups excluding carboxylic acids is 1. The molecule has 5 heteroatoms.